The van der Waals surface area contributed by atoms with Gasteiger partial charge in [0.05, 0.1) is 18.3 Å². The van der Waals surface area contributed by atoms with Crippen molar-refractivity contribution in [3.05, 3.63) is 54.1 Å². The molecule has 2 N–H and O–H groups in total. The van der Waals surface area contributed by atoms with Crippen molar-refractivity contribution in [2.45, 2.75) is 67.2 Å². The molecule has 0 bridgehead atoms. The van der Waals surface area contributed by atoms with Crippen molar-refractivity contribution in [1.29, 1.82) is 0 Å². The molecule has 1 aliphatic carbocycles. The molecule has 16 heteroatoms. The zero-order valence-electron chi connectivity index (χ0n) is 21.6. The van der Waals surface area contributed by atoms with Gasteiger partial charge in [-0.05, 0) is 49.6 Å². The van der Waals surface area contributed by atoms with Gasteiger partial charge in [0.2, 0.25) is 17.7 Å². The number of hydrogen-bond donors (Lipinski definition) is 2. The molecule has 228 valence electrons. The molecule has 3 atom stereocenters. The molecule has 2 aliphatic rings. The molecule has 1 saturated carbocycles. The Bertz CT molecular complexity index is 1290. The highest BCUT2D eigenvalue weighted by molar-refractivity contribution is 8.45. The lowest BCUT2D eigenvalue weighted by Crippen LogP contribution is -2.52. The molecule has 7 nitrogen and oxygen atoms in total. The molecule has 1 aromatic carbocycles. The van der Waals surface area contributed by atoms with E-state index in [0.29, 0.717) is 12.1 Å². The summed E-state index contributed by atoms with van der Waals surface area (Å²) in [7, 11) is -8.67. The third kappa shape index (κ3) is 7.46. The standard InChI is InChI=1S/C25H28F8N4O3S/c1-40-19-11-21(35-14-19)24(39)37(18-2-4-20(5-3-18)41(29,30,31,32)33)22(15-10-16(26)13-34-12-15)23(38)36-17-6-8-25(27,28)9-7-17/h2-5,10,12-13,17,19,21-22,35H,6-9,11,14H2,1H3,(H,36,38)/t19-,21-,22?/m1/s1. The number of ether oxygens (including phenoxy) is 1. The molecule has 41 heavy (non-hydrogen) atoms. The van der Waals surface area contributed by atoms with Crippen LogP contribution in [0.2, 0.25) is 0 Å². The van der Waals surface area contributed by atoms with Crippen LogP contribution in [0, 0.1) is 5.82 Å². The topological polar surface area (TPSA) is 83.6 Å². The minimum atomic E-state index is -10.1. The largest absolute Gasteiger partial charge is 0.380 e. The number of aromatic nitrogens is 1. The summed E-state index contributed by atoms with van der Waals surface area (Å²) < 4.78 is 114. The average molecular weight is 617 g/mol. The first-order valence-corrected chi connectivity index (χ1v) is 14.5. The Morgan fingerprint density at radius 2 is 1.73 bits per heavy atom. The van der Waals surface area contributed by atoms with E-state index in [0.717, 1.165) is 23.4 Å². The van der Waals surface area contributed by atoms with Crippen LogP contribution in [0.1, 0.15) is 43.7 Å². The Labute approximate surface area is 230 Å². The number of rotatable bonds is 8. The molecule has 4 rings (SSSR count). The first kappa shape index (κ1) is 31.0. The third-order valence-corrected chi connectivity index (χ3v) is 8.29. The number of benzene rings is 1. The van der Waals surface area contributed by atoms with Gasteiger partial charge in [-0.1, -0.05) is 19.4 Å². The van der Waals surface area contributed by atoms with Gasteiger partial charge >= 0.3 is 10.2 Å². The molecule has 2 amide bonds. The summed E-state index contributed by atoms with van der Waals surface area (Å²) in [4.78, 5) is 29.8. The first-order chi connectivity index (χ1) is 18.9. The Hall–Kier alpha value is -2.98. The molecule has 1 unspecified atom stereocenters. The number of nitrogens with zero attached hydrogens (tertiary/aromatic N) is 2. The molecule has 2 heterocycles. The Morgan fingerprint density at radius 3 is 2.27 bits per heavy atom. The number of methoxy groups -OCH3 is 1. The predicted octanol–water partition coefficient (Wildman–Crippen LogP) is 6.02. The number of carbonyl (C=O) groups is 2. The molecular weight excluding hydrogens is 588 g/mol. The smallest absolute Gasteiger partial charge is 0.310 e. The fourth-order valence-corrected chi connectivity index (χ4v) is 5.62. The van der Waals surface area contributed by atoms with E-state index in [1.165, 1.54) is 7.11 Å². The van der Waals surface area contributed by atoms with Crippen LogP contribution in [0.3, 0.4) is 0 Å². The van der Waals surface area contributed by atoms with Gasteiger partial charge in [-0.2, -0.15) is 0 Å². The highest BCUT2D eigenvalue weighted by Gasteiger charge is 2.65. The number of alkyl halides is 2. The van der Waals surface area contributed by atoms with E-state index in [1.807, 2.05) is 0 Å². The lowest BCUT2D eigenvalue weighted by atomic mass is 9.91. The molecular formula is C25H28F8N4O3S. The molecule has 0 radical (unpaired) electrons. The van der Waals surface area contributed by atoms with Crippen LogP contribution < -0.4 is 15.5 Å². The van der Waals surface area contributed by atoms with Crippen molar-refractivity contribution < 1.29 is 46.9 Å². The summed E-state index contributed by atoms with van der Waals surface area (Å²) in [6, 6.07) is -1.19. The van der Waals surface area contributed by atoms with Gasteiger partial charge in [0.1, 0.15) is 16.8 Å². The third-order valence-electron chi connectivity index (χ3n) is 7.13. The van der Waals surface area contributed by atoms with Gasteiger partial charge in [0.15, 0.2) is 0 Å². The van der Waals surface area contributed by atoms with Crippen LogP contribution in [0.25, 0.3) is 0 Å². The number of carbonyl (C=O) groups excluding carboxylic acids is 2. The van der Waals surface area contributed by atoms with Crippen molar-refractivity contribution >= 4 is 27.7 Å². The fourth-order valence-electron chi connectivity index (χ4n) is 4.97. The lowest BCUT2D eigenvalue weighted by molar-refractivity contribution is -0.128. The van der Waals surface area contributed by atoms with E-state index in [-0.39, 0.29) is 49.2 Å². The number of amides is 2. The Balaban J connectivity index is 1.78. The Morgan fingerprint density at radius 1 is 1.10 bits per heavy atom. The van der Waals surface area contributed by atoms with Gasteiger partial charge in [-0.25, -0.2) is 13.2 Å². The van der Waals surface area contributed by atoms with E-state index in [4.69, 9.17) is 4.74 Å². The minimum Gasteiger partial charge on any atom is -0.380 e. The maximum Gasteiger partial charge on any atom is 0.310 e. The van der Waals surface area contributed by atoms with E-state index in [2.05, 4.69) is 15.6 Å². The van der Waals surface area contributed by atoms with E-state index in [1.54, 1.807) is 0 Å². The van der Waals surface area contributed by atoms with Crippen molar-refractivity contribution in [3.8, 4) is 0 Å². The second-order valence-corrected chi connectivity index (χ2v) is 12.6. The van der Waals surface area contributed by atoms with E-state index >= 15 is 0 Å². The fraction of sp³-hybridized carbons (Fsp3) is 0.480. The monoisotopic (exact) mass is 616 g/mol. The van der Waals surface area contributed by atoms with Gasteiger partial charge in [-0.15, -0.1) is 0 Å². The summed E-state index contributed by atoms with van der Waals surface area (Å²) in [5.74, 6) is -5.60. The van der Waals surface area contributed by atoms with Crippen LogP contribution >= 0.6 is 10.2 Å². The van der Waals surface area contributed by atoms with E-state index in [9.17, 15) is 42.2 Å². The second kappa shape index (κ2) is 10.4. The van der Waals surface area contributed by atoms with Crippen LogP contribution in [0.15, 0.2) is 47.6 Å². The molecule has 2 aromatic rings. The molecule has 2 fully saturated rings. The summed E-state index contributed by atoms with van der Waals surface area (Å²) in [6.07, 6.45) is 0.347. The zero-order chi connectivity index (χ0) is 30.3. The SMILES string of the molecule is CO[C@H]1CN[C@@H](C(=O)N(c2ccc(S(F)(F)(F)(F)F)cc2)C(C(=O)NC2CCC(F)(F)CC2)c2cncc(F)c2)C1. The summed E-state index contributed by atoms with van der Waals surface area (Å²) in [5.41, 5.74) is -0.557. The van der Waals surface area contributed by atoms with Crippen LogP contribution in [-0.2, 0) is 14.3 Å². The average Bonchev–Trinajstić information content (AvgIpc) is 3.36. The maximum absolute atomic E-state index is 14.3. The summed E-state index contributed by atoms with van der Waals surface area (Å²) >= 11 is 0. The number of pyridine rings is 1. The highest BCUT2D eigenvalue weighted by atomic mass is 32.5. The van der Waals surface area contributed by atoms with Crippen molar-refractivity contribution in [2.75, 3.05) is 18.6 Å². The lowest BCUT2D eigenvalue weighted by Gasteiger charge is -2.41. The summed E-state index contributed by atoms with van der Waals surface area (Å²) in [6.45, 7) is 0.221. The Kier molecular flexibility index (Phi) is 7.84. The van der Waals surface area contributed by atoms with Crippen molar-refractivity contribution in [2.24, 2.45) is 0 Å². The maximum atomic E-state index is 14.3. The number of hydrogen-bond acceptors (Lipinski definition) is 5. The van der Waals surface area contributed by atoms with Gasteiger partial charge in [-0.3, -0.25) is 19.5 Å². The van der Waals surface area contributed by atoms with Gasteiger partial charge < -0.3 is 15.4 Å². The minimum absolute atomic E-state index is 0.0964. The highest BCUT2D eigenvalue weighted by Crippen LogP contribution is 3.02. The van der Waals surface area contributed by atoms with E-state index < -0.39 is 75.7 Å². The zero-order valence-corrected chi connectivity index (χ0v) is 22.5. The number of anilines is 1. The van der Waals surface area contributed by atoms with Crippen LogP contribution in [-0.4, -0.2) is 54.6 Å². The number of halogens is 8. The predicted molar refractivity (Wildman–Crippen MR) is 135 cm³/mol. The van der Waals surface area contributed by atoms with Crippen LogP contribution in [0.4, 0.5) is 38.3 Å². The second-order valence-electron chi connectivity index (χ2n) is 10.2. The van der Waals surface area contributed by atoms with Crippen LogP contribution in [0.5, 0.6) is 0 Å². The molecule has 1 saturated heterocycles. The molecule has 1 aliphatic heterocycles. The normalized spacial score (nSPS) is 23.7. The summed E-state index contributed by atoms with van der Waals surface area (Å²) in [5, 5.41) is 5.47. The molecule has 1 aromatic heterocycles. The quantitative estimate of drug-likeness (QED) is 0.355. The van der Waals surface area contributed by atoms with Gasteiger partial charge in [0.25, 0.3) is 0 Å². The van der Waals surface area contributed by atoms with Crippen molar-refractivity contribution in [3.63, 3.8) is 0 Å². The van der Waals surface area contributed by atoms with Crippen molar-refractivity contribution in [1.82, 2.24) is 15.6 Å². The van der Waals surface area contributed by atoms with Gasteiger partial charge in [0, 0.05) is 50.0 Å². The molecule has 0 spiro atoms. The number of nitrogens with one attached hydrogen (secondary N) is 2. The first-order valence-electron chi connectivity index (χ1n) is 12.6.